The van der Waals surface area contributed by atoms with Crippen molar-refractivity contribution in [1.82, 2.24) is 0 Å². The molecule has 4 rings (SSSR count). The molecule has 26 heavy (non-hydrogen) atoms. The van der Waals surface area contributed by atoms with E-state index < -0.39 is 5.60 Å². The molecule has 3 aromatic rings. The van der Waals surface area contributed by atoms with Gasteiger partial charge in [0.2, 0.25) is 0 Å². The van der Waals surface area contributed by atoms with Gasteiger partial charge in [-0.05, 0) is 28.8 Å². The van der Waals surface area contributed by atoms with E-state index in [2.05, 4.69) is 35.5 Å². The molecule has 3 heteroatoms. The average molecular weight is 338 g/mol. The Hall–Kier alpha value is -3.38. The molecule has 0 amide bonds. The van der Waals surface area contributed by atoms with Crippen molar-refractivity contribution in [3.8, 4) is 6.07 Å². The number of oxime groups is 1. The first-order chi connectivity index (χ1) is 12.8. The summed E-state index contributed by atoms with van der Waals surface area (Å²) < 4.78 is 0. The lowest BCUT2D eigenvalue weighted by molar-refractivity contribution is -0.0230. The van der Waals surface area contributed by atoms with Gasteiger partial charge in [0, 0.05) is 12.8 Å². The number of rotatable bonds is 4. The summed E-state index contributed by atoms with van der Waals surface area (Å²) in [5, 5.41) is 13.4. The maximum absolute atomic E-state index is 8.98. The van der Waals surface area contributed by atoms with Gasteiger partial charge in [-0.25, -0.2) is 0 Å². The van der Waals surface area contributed by atoms with Crippen LogP contribution in [-0.4, -0.2) is 5.71 Å². The largest absolute Gasteiger partial charge is 0.383 e. The van der Waals surface area contributed by atoms with Crippen LogP contribution in [0.1, 0.15) is 28.7 Å². The molecule has 3 aromatic carbocycles. The minimum absolute atomic E-state index is 0.508. The van der Waals surface area contributed by atoms with Crippen LogP contribution in [-0.2, 0) is 16.9 Å². The first kappa shape index (κ1) is 16.1. The summed E-state index contributed by atoms with van der Waals surface area (Å²) in [6.45, 7) is 0. The van der Waals surface area contributed by atoms with Crippen molar-refractivity contribution >= 4 is 5.71 Å². The number of hydrogen-bond donors (Lipinski definition) is 0. The molecule has 0 N–H and O–H groups in total. The third kappa shape index (κ3) is 3.10. The van der Waals surface area contributed by atoms with Gasteiger partial charge in [0.1, 0.15) is 0 Å². The summed E-state index contributed by atoms with van der Waals surface area (Å²) in [7, 11) is 0. The second-order valence-corrected chi connectivity index (χ2v) is 6.52. The van der Waals surface area contributed by atoms with Crippen LogP contribution in [0.3, 0.4) is 0 Å². The summed E-state index contributed by atoms with van der Waals surface area (Å²) in [5.74, 6) is 0. The van der Waals surface area contributed by atoms with Gasteiger partial charge in [0.15, 0.2) is 5.60 Å². The number of nitriles is 1. The highest BCUT2D eigenvalue weighted by molar-refractivity contribution is 6.01. The molecular formula is C23H18N2O. The molecule has 1 aliphatic rings. The molecule has 0 spiro atoms. The molecule has 0 aromatic heterocycles. The van der Waals surface area contributed by atoms with Crippen LogP contribution in [0.15, 0.2) is 90.1 Å². The Labute approximate surface area is 153 Å². The predicted octanol–water partition coefficient (Wildman–Crippen LogP) is 4.82. The average Bonchev–Trinajstić information content (AvgIpc) is 3.15. The van der Waals surface area contributed by atoms with Crippen molar-refractivity contribution in [1.29, 1.82) is 5.26 Å². The van der Waals surface area contributed by atoms with Crippen molar-refractivity contribution < 1.29 is 4.84 Å². The molecule has 0 aliphatic carbocycles. The lowest BCUT2D eigenvalue weighted by Gasteiger charge is -2.27. The van der Waals surface area contributed by atoms with Gasteiger partial charge in [-0.15, -0.1) is 0 Å². The standard InChI is InChI=1S/C23H18N2O/c24-17-19-11-13-20(14-12-19)22-16-23(26-25-22,21-9-5-2-6-10-21)15-18-7-3-1-4-8-18/h1-14H,15-16H2. The van der Waals surface area contributed by atoms with Gasteiger partial charge in [-0.1, -0.05) is 78.0 Å². The Morgan fingerprint density at radius 1 is 0.885 bits per heavy atom. The fourth-order valence-electron chi connectivity index (χ4n) is 3.39. The van der Waals surface area contributed by atoms with Crippen LogP contribution in [0, 0.1) is 11.3 Å². The normalized spacial score (nSPS) is 18.7. The quantitative estimate of drug-likeness (QED) is 0.684. The van der Waals surface area contributed by atoms with Gasteiger partial charge in [-0.2, -0.15) is 5.26 Å². The fraction of sp³-hybridized carbons (Fsp3) is 0.130. The van der Waals surface area contributed by atoms with Crippen molar-refractivity contribution in [3.63, 3.8) is 0 Å². The van der Waals surface area contributed by atoms with Crippen LogP contribution in [0.5, 0.6) is 0 Å². The van der Waals surface area contributed by atoms with Crippen LogP contribution >= 0.6 is 0 Å². The third-order valence-corrected chi connectivity index (χ3v) is 4.76. The van der Waals surface area contributed by atoms with Gasteiger partial charge in [-0.3, -0.25) is 0 Å². The first-order valence-electron chi connectivity index (χ1n) is 8.64. The Bertz CT molecular complexity index is 957. The number of hydrogen-bond acceptors (Lipinski definition) is 3. The van der Waals surface area contributed by atoms with Crippen LogP contribution < -0.4 is 0 Å². The molecule has 0 bridgehead atoms. The second-order valence-electron chi connectivity index (χ2n) is 6.52. The molecule has 1 atom stereocenters. The van der Waals surface area contributed by atoms with E-state index >= 15 is 0 Å². The fourth-order valence-corrected chi connectivity index (χ4v) is 3.39. The van der Waals surface area contributed by atoms with E-state index in [-0.39, 0.29) is 0 Å². The first-order valence-corrected chi connectivity index (χ1v) is 8.64. The molecule has 1 unspecified atom stereocenters. The lowest BCUT2D eigenvalue weighted by Crippen LogP contribution is -2.29. The van der Waals surface area contributed by atoms with E-state index in [1.165, 1.54) is 5.56 Å². The zero-order valence-electron chi connectivity index (χ0n) is 14.3. The number of nitrogens with zero attached hydrogens (tertiary/aromatic N) is 2. The Balaban J connectivity index is 1.67. The van der Waals surface area contributed by atoms with Gasteiger partial charge in [0.25, 0.3) is 0 Å². The van der Waals surface area contributed by atoms with E-state index in [1.807, 2.05) is 60.7 Å². The second kappa shape index (κ2) is 6.85. The van der Waals surface area contributed by atoms with Crippen LogP contribution in [0.2, 0.25) is 0 Å². The van der Waals surface area contributed by atoms with Crippen molar-refractivity contribution in [2.24, 2.45) is 5.16 Å². The topological polar surface area (TPSA) is 45.4 Å². The molecular weight excluding hydrogens is 320 g/mol. The van der Waals surface area contributed by atoms with Crippen molar-refractivity contribution in [3.05, 3.63) is 107 Å². The summed E-state index contributed by atoms with van der Waals surface area (Å²) in [5.41, 5.74) is 4.38. The highest BCUT2D eigenvalue weighted by atomic mass is 16.7. The zero-order valence-corrected chi connectivity index (χ0v) is 14.3. The van der Waals surface area contributed by atoms with Gasteiger partial charge < -0.3 is 4.84 Å². The molecule has 3 nitrogen and oxygen atoms in total. The molecule has 0 fully saturated rings. The summed E-state index contributed by atoms with van der Waals surface area (Å²) in [6, 6.07) is 30.3. The molecule has 1 heterocycles. The summed E-state index contributed by atoms with van der Waals surface area (Å²) >= 11 is 0. The zero-order chi connectivity index (χ0) is 17.8. The Kier molecular flexibility index (Phi) is 4.25. The molecule has 1 aliphatic heterocycles. The molecule has 0 saturated carbocycles. The lowest BCUT2D eigenvalue weighted by atomic mass is 9.82. The molecule has 0 saturated heterocycles. The van der Waals surface area contributed by atoms with E-state index in [9.17, 15) is 0 Å². The Morgan fingerprint density at radius 3 is 2.19 bits per heavy atom. The predicted molar refractivity (Wildman–Crippen MR) is 102 cm³/mol. The third-order valence-electron chi connectivity index (χ3n) is 4.76. The van der Waals surface area contributed by atoms with E-state index in [1.54, 1.807) is 0 Å². The Morgan fingerprint density at radius 2 is 1.54 bits per heavy atom. The van der Waals surface area contributed by atoms with Crippen LogP contribution in [0.25, 0.3) is 0 Å². The minimum Gasteiger partial charge on any atom is -0.383 e. The van der Waals surface area contributed by atoms with E-state index in [4.69, 9.17) is 10.1 Å². The van der Waals surface area contributed by atoms with E-state index in [0.717, 1.165) is 23.3 Å². The van der Waals surface area contributed by atoms with Crippen molar-refractivity contribution in [2.75, 3.05) is 0 Å². The van der Waals surface area contributed by atoms with Gasteiger partial charge >= 0.3 is 0 Å². The monoisotopic (exact) mass is 338 g/mol. The van der Waals surface area contributed by atoms with E-state index in [0.29, 0.717) is 12.0 Å². The SMILES string of the molecule is N#Cc1ccc(C2=NOC(Cc3ccccc3)(c3ccccc3)C2)cc1. The molecule has 0 radical (unpaired) electrons. The molecule has 126 valence electrons. The highest BCUT2D eigenvalue weighted by Crippen LogP contribution is 2.39. The van der Waals surface area contributed by atoms with Gasteiger partial charge in [0.05, 0.1) is 17.3 Å². The maximum atomic E-state index is 8.98. The number of benzene rings is 3. The van der Waals surface area contributed by atoms with Crippen molar-refractivity contribution in [2.45, 2.75) is 18.4 Å². The summed E-state index contributed by atoms with van der Waals surface area (Å²) in [6.07, 6.45) is 1.44. The van der Waals surface area contributed by atoms with Crippen LogP contribution in [0.4, 0.5) is 0 Å². The summed E-state index contributed by atoms with van der Waals surface area (Å²) in [4.78, 5) is 6.08. The maximum Gasteiger partial charge on any atom is 0.172 e. The highest BCUT2D eigenvalue weighted by Gasteiger charge is 2.41. The smallest absolute Gasteiger partial charge is 0.172 e. The minimum atomic E-state index is -0.508.